The molecule has 106 valence electrons. The summed E-state index contributed by atoms with van der Waals surface area (Å²) in [5.41, 5.74) is 2.95. The van der Waals surface area contributed by atoms with Gasteiger partial charge in [-0.15, -0.1) is 0 Å². The fourth-order valence-electron chi connectivity index (χ4n) is 3.19. The zero-order chi connectivity index (χ0) is 13.7. The van der Waals surface area contributed by atoms with Crippen LogP contribution in [0.2, 0.25) is 0 Å². The van der Waals surface area contributed by atoms with Crippen LogP contribution in [0.3, 0.4) is 0 Å². The second-order valence-corrected chi connectivity index (χ2v) is 5.71. The molecule has 1 N–H and O–H groups in total. The Morgan fingerprint density at radius 3 is 2.58 bits per heavy atom. The zero-order valence-corrected chi connectivity index (χ0v) is 12.7. The number of likely N-dealkylation sites (tertiary alicyclic amines) is 1. The van der Waals surface area contributed by atoms with Crippen LogP contribution in [0.1, 0.15) is 51.2 Å². The fourth-order valence-corrected chi connectivity index (χ4v) is 3.19. The molecule has 1 aromatic rings. The van der Waals surface area contributed by atoms with Crippen LogP contribution in [0.4, 0.5) is 0 Å². The Kier molecular flexibility index (Phi) is 5.41. The van der Waals surface area contributed by atoms with E-state index < -0.39 is 0 Å². The SMILES string of the molecule is CCNCc1ccccc1CN1C(C)CCC1CC. The molecule has 2 unspecified atom stereocenters. The minimum Gasteiger partial charge on any atom is -0.313 e. The molecule has 2 atom stereocenters. The van der Waals surface area contributed by atoms with E-state index in [-0.39, 0.29) is 0 Å². The van der Waals surface area contributed by atoms with Crippen LogP contribution >= 0.6 is 0 Å². The van der Waals surface area contributed by atoms with E-state index in [1.807, 2.05) is 0 Å². The zero-order valence-electron chi connectivity index (χ0n) is 12.7. The average molecular weight is 260 g/mol. The number of rotatable bonds is 6. The molecule has 1 aliphatic rings. The van der Waals surface area contributed by atoms with Gasteiger partial charge in [-0.1, -0.05) is 38.1 Å². The van der Waals surface area contributed by atoms with Gasteiger partial charge in [0.05, 0.1) is 0 Å². The normalized spacial score (nSPS) is 23.9. The number of nitrogens with one attached hydrogen (secondary N) is 1. The molecule has 0 aliphatic carbocycles. The Hall–Kier alpha value is -0.860. The summed E-state index contributed by atoms with van der Waals surface area (Å²) in [7, 11) is 0. The monoisotopic (exact) mass is 260 g/mol. The lowest BCUT2D eigenvalue weighted by Crippen LogP contribution is -2.34. The molecule has 0 bridgehead atoms. The van der Waals surface area contributed by atoms with Crippen molar-refractivity contribution in [2.24, 2.45) is 0 Å². The molecule has 1 heterocycles. The van der Waals surface area contributed by atoms with Crippen LogP contribution in [0, 0.1) is 0 Å². The van der Waals surface area contributed by atoms with E-state index in [9.17, 15) is 0 Å². The number of hydrogen-bond donors (Lipinski definition) is 1. The van der Waals surface area contributed by atoms with Gasteiger partial charge in [0.25, 0.3) is 0 Å². The van der Waals surface area contributed by atoms with Crippen molar-refractivity contribution in [1.29, 1.82) is 0 Å². The third-order valence-corrected chi connectivity index (χ3v) is 4.46. The quantitative estimate of drug-likeness (QED) is 0.841. The molecule has 2 heteroatoms. The molecule has 2 nitrogen and oxygen atoms in total. The second-order valence-electron chi connectivity index (χ2n) is 5.71. The number of nitrogens with zero attached hydrogens (tertiary/aromatic N) is 1. The predicted molar refractivity (Wildman–Crippen MR) is 82.1 cm³/mol. The van der Waals surface area contributed by atoms with Crippen LogP contribution in [-0.2, 0) is 13.1 Å². The molecule has 0 radical (unpaired) electrons. The van der Waals surface area contributed by atoms with E-state index in [4.69, 9.17) is 0 Å². The fraction of sp³-hybridized carbons (Fsp3) is 0.647. The molecule has 1 fully saturated rings. The Balaban J connectivity index is 2.09. The molecule has 19 heavy (non-hydrogen) atoms. The third-order valence-electron chi connectivity index (χ3n) is 4.46. The first-order chi connectivity index (χ1) is 9.26. The van der Waals surface area contributed by atoms with Crippen molar-refractivity contribution in [2.45, 2.75) is 65.2 Å². The van der Waals surface area contributed by atoms with E-state index in [1.54, 1.807) is 0 Å². The van der Waals surface area contributed by atoms with Crippen molar-refractivity contribution in [3.63, 3.8) is 0 Å². The second kappa shape index (κ2) is 7.06. The van der Waals surface area contributed by atoms with Crippen molar-refractivity contribution in [2.75, 3.05) is 6.54 Å². The Labute approximate surface area is 118 Å². The van der Waals surface area contributed by atoms with Crippen LogP contribution in [0.15, 0.2) is 24.3 Å². The summed E-state index contributed by atoms with van der Waals surface area (Å²) in [4.78, 5) is 2.70. The van der Waals surface area contributed by atoms with Gasteiger partial charge in [-0.25, -0.2) is 0 Å². The van der Waals surface area contributed by atoms with Crippen molar-refractivity contribution in [3.05, 3.63) is 35.4 Å². The van der Waals surface area contributed by atoms with Crippen molar-refractivity contribution in [3.8, 4) is 0 Å². The number of hydrogen-bond acceptors (Lipinski definition) is 2. The molecular formula is C17H28N2. The highest BCUT2D eigenvalue weighted by Crippen LogP contribution is 2.28. The number of benzene rings is 1. The molecule has 1 saturated heterocycles. The van der Waals surface area contributed by atoms with E-state index >= 15 is 0 Å². The average Bonchev–Trinajstić information content (AvgIpc) is 2.79. The van der Waals surface area contributed by atoms with Gasteiger partial charge in [-0.05, 0) is 43.9 Å². The maximum atomic E-state index is 3.45. The smallest absolute Gasteiger partial charge is 0.0242 e. The minimum atomic E-state index is 0.733. The first-order valence-corrected chi connectivity index (χ1v) is 7.79. The molecular weight excluding hydrogens is 232 g/mol. The molecule has 1 aliphatic heterocycles. The summed E-state index contributed by atoms with van der Waals surface area (Å²) >= 11 is 0. The molecule has 0 saturated carbocycles. The van der Waals surface area contributed by atoms with Crippen molar-refractivity contribution in [1.82, 2.24) is 10.2 Å². The van der Waals surface area contributed by atoms with Gasteiger partial charge in [-0.3, -0.25) is 4.90 Å². The highest BCUT2D eigenvalue weighted by atomic mass is 15.2. The van der Waals surface area contributed by atoms with Gasteiger partial charge >= 0.3 is 0 Å². The van der Waals surface area contributed by atoms with Gasteiger partial charge in [0, 0.05) is 25.2 Å². The largest absolute Gasteiger partial charge is 0.313 e. The van der Waals surface area contributed by atoms with Crippen LogP contribution in [0.25, 0.3) is 0 Å². The maximum absolute atomic E-state index is 3.45. The highest BCUT2D eigenvalue weighted by molar-refractivity contribution is 5.27. The van der Waals surface area contributed by atoms with Crippen molar-refractivity contribution >= 4 is 0 Å². The first kappa shape index (κ1) is 14.5. The summed E-state index contributed by atoms with van der Waals surface area (Å²) in [5, 5.41) is 3.45. The van der Waals surface area contributed by atoms with E-state index in [2.05, 4.69) is 55.3 Å². The minimum absolute atomic E-state index is 0.733. The summed E-state index contributed by atoms with van der Waals surface area (Å²) in [6, 6.07) is 10.4. The predicted octanol–water partition coefficient (Wildman–Crippen LogP) is 3.56. The van der Waals surface area contributed by atoms with Gasteiger partial charge in [0.15, 0.2) is 0 Å². The summed E-state index contributed by atoms with van der Waals surface area (Å²) in [6.07, 6.45) is 4.00. The maximum Gasteiger partial charge on any atom is 0.0242 e. The van der Waals surface area contributed by atoms with Gasteiger partial charge in [-0.2, -0.15) is 0 Å². The molecule has 0 spiro atoms. The summed E-state index contributed by atoms with van der Waals surface area (Å²) in [5.74, 6) is 0. The van der Waals surface area contributed by atoms with Gasteiger partial charge in [0.2, 0.25) is 0 Å². The van der Waals surface area contributed by atoms with E-state index in [0.717, 1.165) is 31.7 Å². The third kappa shape index (κ3) is 3.58. The molecule has 0 aromatic heterocycles. The van der Waals surface area contributed by atoms with Crippen LogP contribution in [-0.4, -0.2) is 23.5 Å². The topological polar surface area (TPSA) is 15.3 Å². The molecule has 2 rings (SSSR count). The lowest BCUT2D eigenvalue weighted by atomic mass is 10.1. The Morgan fingerprint density at radius 1 is 1.16 bits per heavy atom. The Bertz CT molecular complexity index is 389. The van der Waals surface area contributed by atoms with Gasteiger partial charge in [0.1, 0.15) is 0 Å². The highest BCUT2D eigenvalue weighted by Gasteiger charge is 2.29. The Morgan fingerprint density at radius 2 is 1.89 bits per heavy atom. The van der Waals surface area contributed by atoms with Crippen LogP contribution < -0.4 is 5.32 Å². The lowest BCUT2D eigenvalue weighted by molar-refractivity contribution is 0.189. The van der Waals surface area contributed by atoms with E-state index in [0.29, 0.717) is 0 Å². The standard InChI is InChI=1S/C17H28N2/c1-4-17-11-10-14(3)19(17)13-16-9-7-6-8-15(16)12-18-5-2/h6-9,14,17-18H,4-5,10-13H2,1-3H3. The van der Waals surface area contributed by atoms with Gasteiger partial charge < -0.3 is 5.32 Å². The molecule has 0 amide bonds. The summed E-state index contributed by atoms with van der Waals surface area (Å²) in [6.45, 7) is 10.0. The molecule has 1 aromatic carbocycles. The summed E-state index contributed by atoms with van der Waals surface area (Å²) < 4.78 is 0. The first-order valence-electron chi connectivity index (χ1n) is 7.79. The van der Waals surface area contributed by atoms with E-state index in [1.165, 1.54) is 30.4 Å². The lowest BCUT2D eigenvalue weighted by Gasteiger charge is -2.28. The van der Waals surface area contributed by atoms with Crippen molar-refractivity contribution < 1.29 is 0 Å². The van der Waals surface area contributed by atoms with Crippen LogP contribution in [0.5, 0.6) is 0 Å².